The predicted molar refractivity (Wildman–Crippen MR) is 251 cm³/mol. The van der Waals surface area contributed by atoms with Crippen LogP contribution in [0.3, 0.4) is 0 Å². The minimum Gasteiger partial charge on any atom is -0.481 e. The van der Waals surface area contributed by atoms with Crippen LogP contribution in [0.4, 0.5) is 0 Å². The van der Waals surface area contributed by atoms with E-state index in [-0.39, 0.29) is 24.1 Å². The molecule has 0 aliphatic carbocycles. The van der Waals surface area contributed by atoms with Gasteiger partial charge in [0.25, 0.3) is 0 Å². The van der Waals surface area contributed by atoms with Crippen LogP contribution in [0.25, 0.3) is 0 Å². The summed E-state index contributed by atoms with van der Waals surface area (Å²) in [5.74, 6) is -0.946. The van der Waals surface area contributed by atoms with Crippen molar-refractivity contribution in [1.82, 2.24) is 16.0 Å². The highest BCUT2D eigenvalue weighted by atomic mass is 16.4. The van der Waals surface area contributed by atoms with E-state index < -0.39 is 12.0 Å². The molecule has 0 aromatic heterocycles. The van der Waals surface area contributed by atoms with Crippen molar-refractivity contribution in [3.63, 3.8) is 0 Å². The number of carboxylic acid groups (broad SMARTS) is 1. The second-order valence-corrected chi connectivity index (χ2v) is 17.9. The van der Waals surface area contributed by atoms with Crippen LogP contribution in [-0.4, -0.2) is 47.9 Å². The Labute approximate surface area is 365 Å². The molecule has 0 saturated carbocycles. The molecule has 59 heavy (non-hydrogen) atoms. The van der Waals surface area contributed by atoms with Crippen molar-refractivity contribution >= 4 is 23.7 Å². The lowest BCUT2D eigenvalue weighted by molar-refractivity contribution is -0.137. The third kappa shape index (κ3) is 45.2. The van der Waals surface area contributed by atoms with Crippen molar-refractivity contribution in [2.24, 2.45) is 0 Å². The van der Waals surface area contributed by atoms with Crippen molar-refractivity contribution in [1.29, 1.82) is 0 Å². The van der Waals surface area contributed by atoms with Crippen molar-refractivity contribution in [3.8, 4) is 0 Å². The number of hydrogen-bond acceptors (Lipinski definition) is 4. The summed E-state index contributed by atoms with van der Waals surface area (Å²) in [7, 11) is 0. The van der Waals surface area contributed by atoms with Crippen molar-refractivity contribution in [3.05, 3.63) is 0 Å². The minimum atomic E-state index is -0.675. The lowest BCUT2D eigenvalue weighted by Gasteiger charge is -2.18. The summed E-state index contributed by atoms with van der Waals surface area (Å²) in [4.78, 5) is 49.4. The molecule has 3 amide bonds. The van der Waals surface area contributed by atoms with Gasteiger partial charge in [0.1, 0.15) is 6.04 Å². The fourth-order valence-corrected chi connectivity index (χ4v) is 8.08. The molecule has 0 aliphatic rings. The molecular formula is C51H99N3O5. The monoisotopic (exact) mass is 834 g/mol. The Morgan fingerprint density at radius 3 is 1.02 bits per heavy atom. The maximum absolute atomic E-state index is 13.2. The van der Waals surface area contributed by atoms with E-state index in [0.29, 0.717) is 32.4 Å². The average molecular weight is 834 g/mol. The fraction of sp³-hybridized carbons (Fsp3) is 0.922. The largest absolute Gasteiger partial charge is 0.481 e. The first-order valence-electron chi connectivity index (χ1n) is 26.0. The van der Waals surface area contributed by atoms with Gasteiger partial charge in [-0.15, -0.1) is 0 Å². The maximum Gasteiger partial charge on any atom is 0.303 e. The van der Waals surface area contributed by atoms with Crippen molar-refractivity contribution in [2.75, 3.05) is 13.1 Å². The Kier molecular flexibility index (Phi) is 45.3. The lowest BCUT2D eigenvalue weighted by Crippen LogP contribution is -2.47. The van der Waals surface area contributed by atoms with Gasteiger partial charge in [0, 0.05) is 32.4 Å². The summed E-state index contributed by atoms with van der Waals surface area (Å²) in [6, 6.07) is -0.665. The molecule has 0 spiro atoms. The summed E-state index contributed by atoms with van der Waals surface area (Å²) < 4.78 is 0. The second-order valence-electron chi connectivity index (χ2n) is 17.9. The number of carboxylic acids is 1. The summed E-state index contributed by atoms with van der Waals surface area (Å²) in [5, 5.41) is 17.8. The van der Waals surface area contributed by atoms with Gasteiger partial charge in [-0.2, -0.15) is 0 Å². The molecule has 0 fully saturated rings. The predicted octanol–water partition coefficient (Wildman–Crippen LogP) is 14.2. The van der Waals surface area contributed by atoms with Crippen LogP contribution in [0.5, 0.6) is 0 Å². The van der Waals surface area contributed by atoms with E-state index in [2.05, 4.69) is 29.8 Å². The number of amides is 3. The molecule has 0 heterocycles. The van der Waals surface area contributed by atoms with Crippen LogP contribution in [0.1, 0.15) is 284 Å². The standard InChI is InChI=1S/C51H99N3O5/c1-3-5-7-9-11-13-27-31-35-39-45-52-48(55)44-43-47(51(59)53-46-40-36-32-28-14-12-10-8-6-4-2)54-49(56)41-37-33-29-25-23-21-19-17-15-16-18-20-22-24-26-30-34-38-42-50(57)58/h47H,3-46H2,1-2H3,(H,52,55)(H,53,59)(H,54,56)(H,57,58)/t47-/m0/s1. The van der Waals surface area contributed by atoms with Gasteiger partial charge in [0.15, 0.2) is 0 Å². The highest BCUT2D eigenvalue weighted by Gasteiger charge is 2.21. The number of carbonyl (C=O) groups is 4. The molecule has 0 saturated heterocycles. The fourth-order valence-electron chi connectivity index (χ4n) is 8.08. The molecule has 1 atom stereocenters. The molecule has 8 nitrogen and oxygen atoms in total. The van der Waals surface area contributed by atoms with Crippen LogP contribution < -0.4 is 16.0 Å². The summed E-state index contributed by atoms with van der Waals surface area (Å²) in [6.07, 6.45) is 48.1. The van der Waals surface area contributed by atoms with E-state index >= 15 is 0 Å². The van der Waals surface area contributed by atoms with E-state index in [4.69, 9.17) is 5.11 Å². The number of hydrogen-bond donors (Lipinski definition) is 4. The third-order valence-corrected chi connectivity index (χ3v) is 12.0. The molecule has 0 radical (unpaired) electrons. The van der Waals surface area contributed by atoms with Crippen LogP contribution in [0.2, 0.25) is 0 Å². The number of rotatable bonds is 48. The molecule has 0 bridgehead atoms. The molecule has 0 unspecified atom stereocenters. The zero-order chi connectivity index (χ0) is 43.1. The molecule has 4 N–H and O–H groups in total. The molecule has 0 aromatic carbocycles. The van der Waals surface area contributed by atoms with E-state index in [1.54, 1.807) is 0 Å². The van der Waals surface area contributed by atoms with Gasteiger partial charge in [-0.05, 0) is 32.1 Å². The Hall–Kier alpha value is -2.12. The first kappa shape index (κ1) is 56.9. The van der Waals surface area contributed by atoms with Gasteiger partial charge in [0.05, 0.1) is 0 Å². The van der Waals surface area contributed by atoms with Gasteiger partial charge in [-0.3, -0.25) is 19.2 Å². The van der Waals surface area contributed by atoms with E-state index in [1.807, 2.05) is 0 Å². The van der Waals surface area contributed by atoms with E-state index in [0.717, 1.165) is 57.8 Å². The Morgan fingerprint density at radius 1 is 0.356 bits per heavy atom. The van der Waals surface area contributed by atoms with Gasteiger partial charge in [-0.1, -0.05) is 232 Å². The van der Waals surface area contributed by atoms with Gasteiger partial charge < -0.3 is 21.1 Å². The summed E-state index contributed by atoms with van der Waals surface area (Å²) in [5.41, 5.74) is 0. The van der Waals surface area contributed by atoms with E-state index in [1.165, 1.54) is 186 Å². The first-order chi connectivity index (χ1) is 28.9. The highest BCUT2D eigenvalue weighted by Crippen LogP contribution is 2.16. The zero-order valence-electron chi connectivity index (χ0n) is 39.3. The molecule has 0 aromatic rings. The number of nitrogens with one attached hydrogen (secondary N) is 3. The second kappa shape index (κ2) is 46.9. The number of carbonyl (C=O) groups excluding carboxylic acids is 3. The third-order valence-electron chi connectivity index (χ3n) is 12.0. The van der Waals surface area contributed by atoms with Crippen LogP contribution in [0.15, 0.2) is 0 Å². The van der Waals surface area contributed by atoms with Crippen LogP contribution >= 0.6 is 0 Å². The zero-order valence-corrected chi connectivity index (χ0v) is 39.3. The Bertz CT molecular complexity index is 944. The molecule has 0 aliphatic heterocycles. The van der Waals surface area contributed by atoms with Gasteiger partial charge in [-0.25, -0.2) is 0 Å². The summed E-state index contributed by atoms with van der Waals surface area (Å²) >= 11 is 0. The number of aliphatic carboxylic acids is 1. The Morgan fingerprint density at radius 2 is 0.661 bits per heavy atom. The highest BCUT2D eigenvalue weighted by molar-refractivity contribution is 5.88. The van der Waals surface area contributed by atoms with Gasteiger partial charge >= 0.3 is 5.97 Å². The SMILES string of the molecule is CCCCCCCCCCCCNC(=O)CC[C@H](NC(=O)CCCCCCCCCCCCCCCCCCCCC(=O)O)C(=O)NCCCCCCCCCCCC. The van der Waals surface area contributed by atoms with Crippen molar-refractivity contribution < 1.29 is 24.3 Å². The lowest BCUT2D eigenvalue weighted by atomic mass is 10.0. The smallest absolute Gasteiger partial charge is 0.303 e. The quantitative estimate of drug-likeness (QED) is 0.0454. The molecular weight excluding hydrogens is 735 g/mol. The first-order valence-corrected chi connectivity index (χ1v) is 26.0. The molecule has 8 heteroatoms. The minimum absolute atomic E-state index is 0.0337. The topological polar surface area (TPSA) is 125 Å². The molecule has 0 rings (SSSR count). The molecule has 348 valence electrons. The normalized spacial score (nSPS) is 11.8. The average Bonchev–Trinajstić information content (AvgIpc) is 3.22. The van der Waals surface area contributed by atoms with Gasteiger partial charge in [0.2, 0.25) is 17.7 Å². The number of unbranched alkanes of at least 4 members (excludes halogenated alkanes) is 35. The summed E-state index contributed by atoms with van der Waals surface area (Å²) in [6.45, 7) is 5.81. The Balaban J connectivity index is 4.20. The maximum atomic E-state index is 13.2. The van der Waals surface area contributed by atoms with Crippen LogP contribution in [0, 0.1) is 0 Å². The van der Waals surface area contributed by atoms with Crippen LogP contribution in [-0.2, 0) is 19.2 Å². The van der Waals surface area contributed by atoms with E-state index in [9.17, 15) is 19.2 Å². The van der Waals surface area contributed by atoms with Crippen molar-refractivity contribution in [2.45, 2.75) is 290 Å².